The van der Waals surface area contributed by atoms with Crippen molar-refractivity contribution in [2.45, 2.75) is 103 Å². The highest BCUT2D eigenvalue weighted by Crippen LogP contribution is 2.55. The van der Waals surface area contributed by atoms with Gasteiger partial charge >= 0.3 is 0 Å². The first-order valence-electron chi connectivity index (χ1n) is 21.2. The first-order chi connectivity index (χ1) is 27.3. The zero-order chi connectivity index (χ0) is 39.2. The van der Waals surface area contributed by atoms with Crippen LogP contribution in [0.2, 0.25) is 0 Å². The molecule has 1 nitrogen and oxygen atoms in total. The van der Waals surface area contributed by atoms with Crippen molar-refractivity contribution in [2.24, 2.45) is 0 Å². The van der Waals surface area contributed by atoms with Gasteiger partial charge in [-0.2, -0.15) is 0 Å². The summed E-state index contributed by atoms with van der Waals surface area (Å²) >= 11 is 2.05. The van der Waals surface area contributed by atoms with Crippen LogP contribution in [0, 0.1) is 0 Å². The van der Waals surface area contributed by atoms with E-state index in [0.717, 1.165) is 0 Å². The highest BCUT2D eigenvalue weighted by atomic mass is 32.1. The second-order valence-electron chi connectivity index (χ2n) is 20.2. The van der Waals surface area contributed by atoms with Crippen molar-refractivity contribution in [1.29, 1.82) is 0 Å². The summed E-state index contributed by atoms with van der Waals surface area (Å²) in [6.07, 6.45) is 4.81. The van der Waals surface area contributed by atoms with Crippen LogP contribution < -0.4 is 20.6 Å². The number of anilines is 3. The van der Waals surface area contributed by atoms with E-state index < -0.39 is 0 Å². The summed E-state index contributed by atoms with van der Waals surface area (Å²) < 4.78 is 2.95. The van der Waals surface area contributed by atoms with Gasteiger partial charge in [-0.15, -0.1) is 11.3 Å². The number of hydrogen-bond acceptors (Lipinski definition) is 2. The number of thiophene rings is 1. The molecule has 0 amide bonds. The standard InChI is InChI=1S/C54H52BNS/c1-51(2)25-27-53(5,6)41-31-45(37(29-39(41)51)34-19-13-10-14-20-34)56-44-22-16-15-21-43(44)55-48-36(24-23-35(49(48)56)33-17-11-9-12-18-33)47-38-30-40-42(32-46(38)57-50(47)55)54(7,8)28-26-52(40,3)4/h9-24,29-32H,25-28H2,1-8H3. The minimum absolute atomic E-state index is 0.0676. The van der Waals surface area contributed by atoms with Crippen LogP contribution >= 0.6 is 11.3 Å². The molecule has 1 aromatic heterocycles. The molecule has 57 heavy (non-hydrogen) atoms. The molecular formula is C54H52BNS. The summed E-state index contributed by atoms with van der Waals surface area (Å²) in [5.74, 6) is 0. The minimum Gasteiger partial charge on any atom is -0.310 e. The lowest BCUT2D eigenvalue weighted by Crippen LogP contribution is -2.54. The van der Waals surface area contributed by atoms with E-state index in [1.165, 1.54) is 113 Å². The van der Waals surface area contributed by atoms with Crippen molar-refractivity contribution >= 4 is 60.9 Å². The lowest BCUT2D eigenvalue weighted by Gasteiger charge is -2.44. The van der Waals surface area contributed by atoms with Gasteiger partial charge in [0.2, 0.25) is 0 Å². The molecule has 11 rings (SSSR count). The second-order valence-corrected chi connectivity index (χ2v) is 21.3. The maximum Gasteiger partial charge on any atom is 0.260 e. The molecule has 7 aromatic rings. The Kier molecular flexibility index (Phi) is 7.35. The maximum absolute atomic E-state index is 2.69. The smallest absolute Gasteiger partial charge is 0.260 e. The molecule has 0 saturated carbocycles. The third-order valence-electron chi connectivity index (χ3n) is 14.8. The van der Waals surface area contributed by atoms with Gasteiger partial charge in [0, 0.05) is 32.6 Å². The Morgan fingerprint density at radius 1 is 0.491 bits per heavy atom. The molecule has 6 aromatic carbocycles. The molecule has 0 saturated heterocycles. The minimum atomic E-state index is 0.0676. The van der Waals surface area contributed by atoms with Crippen molar-refractivity contribution < 1.29 is 0 Å². The summed E-state index contributed by atoms with van der Waals surface area (Å²) in [4.78, 5) is 2.69. The van der Waals surface area contributed by atoms with Crippen molar-refractivity contribution in [1.82, 2.24) is 0 Å². The summed E-state index contributed by atoms with van der Waals surface area (Å²) in [5.41, 5.74) is 21.3. The van der Waals surface area contributed by atoms with Crippen LogP contribution in [-0.4, -0.2) is 6.71 Å². The number of rotatable bonds is 3. The fourth-order valence-electron chi connectivity index (χ4n) is 11.2. The van der Waals surface area contributed by atoms with Crippen LogP contribution in [0.15, 0.2) is 121 Å². The molecule has 0 N–H and O–H groups in total. The summed E-state index contributed by atoms with van der Waals surface area (Å²) in [5, 5.41) is 1.44. The highest BCUT2D eigenvalue weighted by Gasteiger charge is 2.47. The van der Waals surface area contributed by atoms with E-state index in [1.54, 1.807) is 11.1 Å². The highest BCUT2D eigenvalue weighted by molar-refractivity contribution is 7.34. The van der Waals surface area contributed by atoms with Gasteiger partial charge in [0.15, 0.2) is 0 Å². The first kappa shape index (κ1) is 35.3. The van der Waals surface area contributed by atoms with Crippen molar-refractivity contribution in [2.75, 3.05) is 4.90 Å². The normalized spacial score (nSPS) is 18.7. The van der Waals surface area contributed by atoms with E-state index in [-0.39, 0.29) is 28.4 Å². The van der Waals surface area contributed by atoms with Gasteiger partial charge in [-0.05, 0) is 138 Å². The average molecular weight is 758 g/mol. The third-order valence-corrected chi connectivity index (χ3v) is 16.0. The summed E-state index contributed by atoms with van der Waals surface area (Å²) in [7, 11) is 0. The predicted molar refractivity (Wildman–Crippen MR) is 248 cm³/mol. The monoisotopic (exact) mass is 757 g/mol. The fourth-order valence-corrected chi connectivity index (χ4v) is 12.6. The number of nitrogens with zero attached hydrogens (tertiary/aromatic N) is 1. The Balaban J connectivity index is 1.26. The number of fused-ring (bicyclic) bond motifs is 9. The molecule has 0 atom stereocenters. The van der Waals surface area contributed by atoms with Gasteiger partial charge in [-0.25, -0.2) is 0 Å². The van der Waals surface area contributed by atoms with E-state index in [1.807, 2.05) is 0 Å². The van der Waals surface area contributed by atoms with Gasteiger partial charge < -0.3 is 4.90 Å². The molecule has 0 unspecified atom stereocenters. The maximum atomic E-state index is 2.69. The molecule has 282 valence electrons. The van der Waals surface area contributed by atoms with Crippen LogP contribution in [0.1, 0.15) is 103 Å². The molecule has 0 bridgehead atoms. The average Bonchev–Trinajstić information content (AvgIpc) is 3.74. The zero-order valence-corrected chi connectivity index (χ0v) is 35.6. The van der Waals surface area contributed by atoms with Gasteiger partial charge in [-0.3, -0.25) is 0 Å². The molecule has 3 heteroatoms. The zero-order valence-electron chi connectivity index (χ0n) is 34.8. The van der Waals surface area contributed by atoms with Crippen LogP contribution in [0.4, 0.5) is 17.1 Å². The Morgan fingerprint density at radius 2 is 1.00 bits per heavy atom. The molecule has 2 aliphatic heterocycles. The predicted octanol–water partition coefficient (Wildman–Crippen LogP) is 13.2. The molecule has 2 aliphatic carbocycles. The van der Waals surface area contributed by atoms with Gasteiger partial charge in [0.05, 0.1) is 5.69 Å². The van der Waals surface area contributed by atoms with Crippen molar-refractivity contribution in [3.63, 3.8) is 0 Å². The van der Waals surface area contributed by atoms with Crippen molar-refractivity contribution in [3.8, 4) is 33.4 Å². The molecule has 3 heterocycles. The lowest BCUT2D eigenvalue weighted by molar-refractivity contribution is 0.332. The Hall–Kier alpha value is -4.86. The quantitative estimate of drug-likeness (QED) is 0.162. The van der Waals surface area contributed by atoms with Crippen LogP contribution in [-0.2, 0) is 21.7 Å². The van der Waals surface area contributed by atoms with E-state index in [4.69, 9.17) is 0 Å². The Labute approximate surface area is 343 Å². The van der Waals surface area contributed by atoms with E-state index in [0.29, 0.717) is 0 Å². The Morgan fingerprint density at radius 3 is 1.63 bits per heavy atom. The van der Waals surface area contributed by atoms with E-state index in [2.05, 4.69) is 193 Å². The topological polar surface area (TPSA) is 3.24 Å². The number of benzene rings is 6. The SMILES string of the molecule is CC1(C)CCC(C)(C)c2cc(N3c4ccccc4B4c5sc6cc7c(cc6c5-c5ccc(-c6ccccc6)c3c54)C(C)(C)CCC7(C)C)c(-c3ccccc3)cc21. The van der Waals surface area contributed by atoms with Crippen molar-refractivity contribution in [3.05, 3.63) is 144 Å². The molecular weight excluding hydrogens is 705 g/mol. The van der Waals surface area contributed by atoms with Crippen LogP contribution in [0.5, 0.6) is 0 Å². The molecule has 0 radical (unpaired) electrons. The fraction of sp³-hybridized carbons (Fsp3) is 0.296. The van der Waals surface area contributed by atoms with E-state index in [9.17, 15) is 0 Å². The van der Waals surface area contributed by atoms with E-state index >= 15 is 0 Å². The van der Waals surface area contributed by atoms with Gasteiger partial charge in [-0.1, -0.05) is 146 Å². The summed E-state index contributed by atoms with van der Waals surface area (Å²) in [6, 6.07) is 47.0. The molecule has 4 aliphatic rings. The number of para-hydroxylation sites is 1. The number of hydrogen-bond donors (Lipinski definition) is 0. The van der Waals surface area contributed by atoms with Gasteiger partial charge in [0.25, 0.3) is 6.71 Å². The summed E-state index contributed by atoms with van der Waals surface area (Å²) in [6.45, 7) is 19.9. The molecule has 0 spiro atoms. The third kappa shape index (κ3) is 5.00. The Bertz CT molecular complexity index is 2800. The lowest BCUT2D eigenvalue weighted by atomic mass is 9.39. The molecule has 0 fully saturated rings. The van der Waals surface area contributed by atoms with Crippen LogP contribution in [0.3, 0.4) is 0 Å². The van der Waals surface area contributed by atoms with Crippen LogP contribution in [0.25, 0.3) is 43.5 Å². The second kappa shape index (κ2) is 11.9. The van der Waals surface area contributed by atoms with Gasteiger partial charge in [0.1, 0.15) is 0 Å². The first-order valence-corrected chi connectivity index (χ1v) is 22.0. The largest absolute Gasteiger partial charge is 0.310 e.